The molecule has 0 aliphatic rings. The van der Waals surface area contributed by atoms with Gasteiger partial charge in [-0.15, -0.1) is 0 Å². The SMILES string of the molecule is O=C(NCCNC(=O)c1cccc2cn[nH]c12)c1cccc(Br)c1. The van der Waals surface area contributed by atoms with Crippen LogP contribution in [0.3, 0.4) is 0 Å². The van der Waals surface area contributed by atoms with E-state index in [4.69, 9.17) is 0 Å². The Hall–Kier alpha value is -2.67. The highest BCUT2D eigenvalue weighted by molar-refractivity contribution is 9.10. The van der Waals surface area contributed by atoms with Crippen molar-refractivity contribution in [2.75, 3.05) is 13.1 Å². The van der Waals surface area contributed by atoms with E-state index in [2.05, 4.69) is 36.8 Å². The maximum Gasteiger partial charge on any atom is 0.253 e. The number of amides is 2. The van der Waals surface area contributed by atoms with Gasteiger partial charge in [-0.1, -0.05) is 34.1 Å². The summed E-state index contributed by atoms with van der Waals surface area (Å²) < 4.78 is 0.844. The number of H-pyrrole nitrogens is 1. The van der Waals surface area contributed by atoms with Gasteiger partial charge in [-0.05, 0) is 24.3 Å². The minimum Gasteiger partial charge on any atom is -0.350 e. The van der Waals surface area contributed by atoms with E-state index in [-0.39, 0.29) is 11.8 Å². The first-order chi connectivity index (χ1) is 11.6. The molecule has 0 saturated carbocycles. The molecule has 3 rings (SSSR count). The number of hydrogen-bond donors (Lipinski definition) is 3. The molecule has 3 N–H and O–H groups in total. The van der Waals surface area contributed by atoms with Gasteiger partial charge in [0.1, 0.15) is 0 Å². The molecule has 0 aliphatic carbocycles. The smallest absolute Gasteiger partial charge is 0.253 e. The number of halogens is 1. The summed E-state index contributed by atoms with van der Waals surface area (Å²) in [6.45, 7) is 0.680. The van der Waals surface area contributed by atoms with Crippen molar-refractivity contribution in [2.45, 2.75) is 0 Å². The van der Waals surface area contributed by atoms with Crippen molar-refractivity contribution >= 4 is 38.6 Å². The van der Waals surface area contributed by atoms with Crippen LogP contribution in [0.5, 0.6) is 0 Å². The number of benzene rings is 2. The monoisotopic (exact) mass is 386 g/mol. The highest BCUT2D eigenvalue weighted by Gasteiger charge is 2.11. The number of para-hydroxylation sites is 1. The minimum absolute atomic E-state index is 0.179. The van der Waals surface area contributed by atoms with Crippen molar-refractivity contribution in [1.29, 1.82) is 0 Å². The van der Waals surface area contributed by atoms with Crippen LogP contribution in [-0.4, -0.2) is 35.1 Å². The van der Waals surface area contributed by atoms with E-state index >= 15 is 0 Å². The van der Waals surface area contributed by atoms with Gasteiger partial charge in [0.2, 0.25) is 0 Å². The Kier molecular flexibility index (Phi) is 4.90. The number of rotatable bonds is 5. The number of nitrogens with zero attached hydrogens (tertiary/aromatic N) is 1. The highest BCUT2D eigenvalue weighted by Crippen LogP contribution is 2.15. The van der Waals surface area contributed by atoms with Crippen LogP contribution in [0.15, 0.2) is 53.1 Å². The molecule has 1 heterocycles. The van der Waals surface area contributed by atoms with Crippen molar-refractivity contribution < 1.29 is 9.59 Å². The summed E-state index contributed by atoms with van der Waals surface area (Å²) in [4.78, 5) is 24.2. The fourth-order valence-corrected chi connectivity index (χ4v) is 2.74. The van der Waals surface area contributed by atoms with Gasteiger partial charge in [0, 0.05) is 28.5 Å². The summed E-state index contributed by atoms with van der Waals surface area (Å²) in [5, 5.41) is 13.2. The number of fused-ring (bicyclic) bond motifs is 1. The second kappa shape index (κ2) is 7.27. The van der Waals surface area contributed by atoms with E-state index < -0.39 is 0 Å². The fraction of sp³-hybridized carbons (Fsp3) is 0.118. The average molecular weight is 387 g/mol. The summed E-state index contributed by atoms with van der Waals surface area (Å²) in [5.41, 5.74) is 1.80. The van der Waals surface area contributed by atoms with Gasteiger partial charge in [-0.25, -0.2) is 0 Å². The molecule has 1 aromatic heterocycles. The molecular formula is C17H15BrN4O2. The lowest BCUT2D eigenvalue weighted by Crippen LogP contribution is -2.34. The van der Waals surface area contributed by atoms with Crippen molar-refractivity contribution in [3.63, 3.8) is 0 Å². The Morgan fingerprint density at radius 1 is 1.04 bits per heavy atom. The van der Waals surface area contributed by atoms with Crippen LogP contribution in [0.2, 0.25) is 0 Å². The lowest BCUT2D eigenvalue weighted by molar-refractivity contribution is 0.0928. The summed E-state index contributed by atoms with van der Waals surface area (Å²) in [6, 6.07) is 12.6. The summed E-state index contributed by atoms with van der Waals surface area (Å²) in [6.07, 6.45) is 1.67. The number of aromatic amines is 1. The molecule has 0 unspecified atom stereocenters. The molecule has 2 aromatic carbocycles. The van der Waals surface area contributed by atoms with Crippen LogP contribution in [0.25, 0.3) is 10.9 Å². The van der Waals surface area contributed by atoms with Crippen molar-refractivity contribution in [3.8, 4) is 0 Å². The highest BCUT2D eigenvalue weighted by atomic mass is 79.9. The molecule has 24 heavy (non-hydrogen) atoms. The van der Waals surface area contributed by atoms with Gasteiger partial charge in [0.25, 0.3) is 11.8 Å². The Morgan fingerprint density at radius 2 is 1.79 bits per heavy atom. The topological polar surface area (TPSA) is 86.9 Å². The molecule has 0 spiro atoms. The zero-order valence-electron chi connectivity index (χ0n) is 12.7. The van der Waals surface area contributed by atoms with Gasteiger partial charge in [0.15, 0.2) is 0 Å². The number of carbonyl (C=O) groups excluding carboxylic acids is 2. The molecule has 0 bridgehead atoms. The largest absolute Gasteiger partial charge is 0.350 e. The lowest BCUT2D eigenvalue weighted by atomic mass is 10.1. The lowest BCUT2D eigenvalue weighted by Gasteiger charge is -2.08. The third-order valence-electron chi connectivity index (χ3n) is 3.50. The Bertz CT molecular complexity index is 891. The maximum atomic E-state index is 12.2. The van der Waals surface area contributed by atoms with Gasteiger partial charge >= 0.3 is 0 Å². The minimum atomic E-state index is -0.207. The van der Waals surface area contributed by atoms with Gasteiger partial charge in [-0.2, -0.15) is 5.10 Å². The second-order valence-corrected chi connectivity index (χ2v) is 6.08. The zero-order valence-corrected chi connectivity index (χ0v) is 14.3. The van der Waals surface area contributed by atoms with E-state index in [1.807, 2.05) is 18.2 Å². The number of hydrogen-bond acceptors (Lipinski definition) is 3. The van der Waals surface area contributed by atoms with Gasteiger partial charge in [0.05, 0.1) is 17.3 Å². The maximum absolute atomic E-state index is 12.2. The molecule has 122 valence electrons. The molecule has 7 heteroatoms. The quantitative estimate of drug-likeness (QED) is 0.588. The Morgan fingerprint density at radius 3 is 2.58 bits per heavy atom. The fourth-order valence-electron chi connectivity index (χ4n) is 2.34. The number of aromatic nitrogens is 2. The first kappa shape index (κ1) is 16.2. The van der Waals surface area contributed by atoms with E-state index in [1.165, 1.54) is 0 Å². The second-order valence-electron chi connectivity index (χ2n) is 5.16. The molecule has 0 fully saturated rings. The van der Waals surface area contributed by atoms with Gasteiger partial charge < -0.3 is 10.6 Å². The van der Waals surface area contributed by atoms with Crippen LogP contribution in [-0.2, 0) is 0 Å². The van der Waals surface area contributed by atoms with Gasteiger partial charge in [-0.3, -0.25) is 14.7 Å². The van der Waals surface area contributed by atoms with E-state index in [0.29, 0.717) is 29.7 Å². The predicted octanol–water partition coefficient (Wildman–Crippen LogP) is 2.49. The zero-order chi connectivity index (χ0) is 16.9. The molecule has 3 aromatic rings. The van der Waals surface area contributed by atoms with Crippen LogP contribution in [0, 0.1) is 0 Å². The molecule has 0 saturated heterocycles. The Balaban J connectivity index is 1.52. The molecule has 2 amide bonds. The van der Waals surface area contributed by atoms with E-state index in [0.717, 1.165) is 9.86 Å². The standard InChI is InChI=1S/C17H15BrN4O2/c18-13-5-1-3-11(9-13)16(23)19-7-8-20-17(24)14-6-2-4-12-10-21-22-15(12)14/h1-6,9-10H,7-8H2,(H,19,23)(H,20,24)(H,21,22). The Labute approximate surface area is 146 Å². The van der Waals surface area contributed by atoms with Crippen molar-refractivity contribution in [3.05, 3.63) is 64.3 Å². The van der Waals surface area contributed by atoms with Crippen molar-refractivity contribution in [2.24, 2.45) is 0 Å². The van der Waals surface area contributed by atoms with E-state index in [1.54, 1.807) is 30.5 Å². The number of nitrogens with one attached hydrogen (secondary N) is 3. The molecular weight excluding hydrogens is 372 g/mol. The third kappa shape index (κ3) is 3.62. The summed E-state index contributed by atoms with van der Waals surface area (Å²) in [5.74, 6) is -0.386. The van der Waals surface area contributed by atoms with Crippen LogP contribution in [0.4, 0.5) is 0 Å². The molecule has 6 nitrogen and oxygen atoms in total. The summed E-state index contributed by atoms with van der Waals surface area (Å²) >= 11 is 3.33. The first-order valence-electron chi connectivity index (χ1n) is 7.39. The molecule has 0 aliphatic heterocycles. The number of carbonyl (C=O) groups is 2. The van der Waals surface area contributed by atoms with E-state index in [9.17, 15) is 9.59 Å². The van der Waals surface area contributed by atoms with Crippen LogP contribution in [0.1, 0.15) is 20.7 Å². The van der Waals surface area contributed by atoms with Crippen molar-refractivity contribution in [1.82, 2.24) is 20.8 Å². The normalized spacial score (nSPS) is 10.5. The third-order valence-corrected chi connectivity index (χ3v) is 4.00. The van der Waals surface area contributed by atoms with Crippen LogP contribution < -0.4 is 10.6 Å². The average Bonchev–Trinajstić information content (AvgIpc) is 3.07. The molecule has 0 radical (unpaired) electrons. The molecule has 0 atom stereocenters. The first-order valence-corrected chi connectivity index (χ1v) is 8.18. The van der Waals surface area contributed by atoms with Crippen LogP contribution >= 0.6 is 15.9 Å². The summed E-state index contributed by atoms with van der Waals surface area (Å²) in [7, 11) is 0. The predicted molar refractivity (Wildman–Crippen MR) is 94.9 cm³/mol.